The van der Waals surface area contributed by atoms with E-state index in [4.69, 9.17) is 14.0 Å². The number of halogens is 1. The molecule has 2 rings (SSSR count). The lowest BCUT2D eigenvalue weighted by molar-refractivity contribution is 0.00578. The van der Waals surface area contributed by atoms with Crippen LogP contribution in [-0.2, 0) is 14.0 Å². The molecule has 0 unspecified atom stereocenters. The van der Waals surface area contributed by atoms with Crippen molar-refractivity contribution in [3.8, 4) is 0 Å². The molecule has 0 aromatic heterocycles. The van der Waals surface area contributed by atoms with Crippen molar-refractivity contribution in [2.75, 3.05) is 6.61 Å². The van der Waals surface area contributed by atoms with Gasteiger partial charge in [0, 0.05) is 0 Å². The van der Waals surface area contributed by atoms with E-state index in [9.17, 15) is 9.18 Å². The molecule has 1 aromatic rings. The Hall–Kier alpha value is -1.66. The summed E-state index contributed by atoms with van der Waals surface area (Å²) in [5.74, 6) is -0.369. The number of benzene rings is 1. The molecule has 1 saturated heterocycles. The van der Waals surface area contributed by atoms with E-state index in [1.165, 1.54) is 6.08 Å². The molecular weight excluding hydrogens is 310 g/mol. The minimum atomic E-state index is -0.970. The van der Waals surface area contributed by atoms with Gasteiger partial charge in [-0.1, -0.05) is 24.3 Å². The Bertz CT molecular complexity index is 582. The molecule has 130 valence electrons. The smallest absolute Gasteiger partial charge is 0.462 e. The van der Waals surface area contributed by atoms with Gasteiger partial charge < -0.3 is 14.0 Å². The van der Waals surface area contributed by atoms with Crippen molar-refractivity contribution < 1.29 is 23.2 Å². The Kier molecular flexibility index (Phi) is 5.83. The van der Waals surface area contributed by atoms with Gasteiger partial charge in [0.05, 0.1) is 23.4 Å². The van der Waals surface area contributed by atoms with E-state index in [-0.39, 0.29) is 12.6 Å². The summed E-state index contributed by atoms with van der Waals surface area (Å²) in [5, 5.41) is 0. The van der Waals surface area contributed by atoms with Gasteiger partial charge in [0.15, 0.2) is 0 Å². The first-order valence-electron chi connectivity index (χ1n) is 8.16. The van der Waals surface area contributed by atoms with E-state index in [1.54, 1.807) is 24.3 Å². The molecule has 0 N–H and O–H groups in total. The summed E-state index contributed by atoms with van der Waals surface area (Å²) in [5.41, 5.74) is -1.05. The fraction of sp³-hybridized carbons (Fsp3) is 0.500. The minimum absolute atomic E-state index is 0.237. The van der Waals surface area contributed by atoms with E-state index in [1.807, 2.05) is 33.8 Å². The molecule has 0 spiro atoms. The SMILES string of the molecule is CC1(C)OB(C(F)=CCCCOC(=O)c2ccccc2)OC1(C)C. The Balaban J connectivity index is 1.74. The van der Waals surface area contributed by atoms with Crippen molar-refractivity contribution >= 4 is 13.1 Å². The van der Waals surface area contributed by atoms with Crippen molar-refractivity contribution in [3.05, 3.63) is 47.7 Å². The average molecular weight is 334 g/mol. The van der Waals surface area contributed by atoms with E-state index in [0.717, 1.165) is 0 Å². The zero-order valence-corrected chi connectivity index (χ0v) is 14.7. The summed E-state index contributed by atoms with van der Waals surface area (Å²) in [6.45, 7) is 7.75. The zero-order valence-electron chi connectivity index (χ0n) is 14.7. The highest BCUT2D eigenvalue weighted by molar-refractivity contribution is 6.53. The van der Waals surface area contributed by atoms with Crippen molar-refractivity contribution in [2.45, 2.75) is 51.7 Å². The minimum Gasteiger partial charge on any atom is -0.462 e. The van der Waals surface area contributed by atoms with E-state index < -0.39 is 24.0 Å². The summed E-state index contributed by atoms with van der Waals surface area (Å²) in [4.78, 5) is 11.7. The summed E-state index contributed by atoms with van der Waals surface area (Å²) in [6, 6.07) is 8.78. The molecule has 1 aliphatic heterocycles. The van der Waals surface area contributed by atoms with Crippen LogP contribution in [0.1, 0.15) is 50.9 Å². The number of unbranched alkanes of at least 4 members (excludes halogenated alkanes) is 1. The molecule has 0 atom stereocenters. The lowest BCUT2D eigenvalue weighted by atomic mass is 9.87. The highest BCUT2D eigenvalue weighted by Crippen LogP contribution is 2.38. The monoisotopic (exact) mass is 334 g/mol. The Labute approximate surface area is 143 Å². The van der Waals surface area contributed by atoms with Crippen LogP contribution < -0.4 is 0 Å². The van der Waals surface area contributed by atoms with Crippen LogP contribution in [0.4, 0.5) is 4.39 Å². The van der Waals surface area contributed by atoms with Gasteiger partial charge in [-0.2, -0.15) is 0 Å². The summed E-state index contributed by atoms with van der Waals surface area (Å²) < 4.78 is 30.6. The summed E-state index contributed by atoms with van der Waals surface area (Å²) in [6.07, 6.45) is 2.40. The Morgan fingerprint density at radius 3 is 2.33 bits per heavy atom. The first-order valence-corrected chi connectivity index (χ1v) is 8.16. The van der Waals surface area contributed by atoms with Crippen LogP contribution in [0.2, 0.25) is 0 Å². The molecule has 1 heterocycles. The maximum atomic E-state index is 14.1. The number of rotatable bonds is 6. The van der Waals surface area contributed by atoms with Crippen LogP contribution in [-0.4, -0.2) is 30.9 Å². The third-order valence-electron chi connectivity index (χ3n) is 4.41. The van der Waals surface area contributed by atoms with Crippen LogP contribution in [0, 0.1) is 0 Å². The first-order chi connectivity index (χ1) is 11.2. The predicted molar refractivity (Wildman–Crippen MR) is 91.2 cm³/mol. The zero-order chi connectivity index (χ0) is 17.8. The van der Waals surface area contributed by atoms with Gasteiger partial charge in [0.25, 0.3) is 0 Å². The standard InChI is InChI=1S/C18H24BFO4/c1-17(2)18(3,4)24-19(23-17)15(20)12-8-9-13-22-16(21)14-10-6-5-7-11-14/h5-7,10-12H,8-9,13H2,1-4H3. The number of allylic oxidation sites excluding steroid dienone is 1. The van der Waals surface area contributed by atoms with E-state index >= 15 is 0 Å². The van der Waals surface area contributed by atoms with Gasteiger partial charge in [-0.25, -0.2) is 9.18 Å². The van der Waals surface area contributed by atoms with Gasteiger partial charge in [-0.05, 0) is 52.7 Å². The second-order valence-corrected chi connectivity index (χ2v) is 6.82. The first kappa shape index (κ1) is 18.7. The van der Waals surface area contributed by atoms with Gasteiger partial charge in [-0.15, -0.1) is 0 Å². The van der Waals surface area contributed by atoms with Gasteiger partial charge >= 0.3 is 13.1 Å². The maximum absolute atomic E-state index is 14.1. The molecule has 0 saturated carbocycles. The van der Waals surface area contributed by atoms with Crippen LogP contribution in [0.3, 0.4) is 0 Å². The summed E-state index contributed by atoms with van der Waals surface area (Å²) >= 11 is 0. The topological polar surface area (TPSA) is 44.8 Å². The Morgan fingerprint density at radius 1 is 1.17 bits per heavy atom. The Morgan fingerprint density at radius 2 is 1.75 bits per heavy atom. The quantitative estimate of drug-likeness (QED) is 0.446. The predicted octanol–water partition coefficient (Wildman–Crippen LogP) is 4.11. The van der Waals surface area contributed by atoms with Crippen LogP contribution in [0.15, 0.2) is 42.1 Å². The van der Waals surface area contributed by atoms with E-state index in [2.05, 4.69) is 0 Å². The normalized spacial score (nSPS) is 19.4. The van der Waals surface area contributed by atoms with Crippen molar-refractivity contribution in [1.29, 1.82) is 0 Å². The van der Waals surface area contributed by atoms with Crippen molar-refractivity contribution in [2.24, 2.45) is 0 Å². The number of hydrogen-bond acceptors (Lipinski definition) is 4. The third kappa shape index (κ3) is 4.45. The average Bonchev–Trinajstić information content (AvgIpc) is 2.75. The largest absolute Gasteiger partial charge is 0.524 e. The molecule has 1 aromatic carbocycles. The maximum Gasteiger partial charge on any atom is 0.524 e. The highest BCUT2D eigenvalue weighted by Gasteiger charge is 2.52. The molecule has 0 aliphatic carbocycles. The van der Waals surface area contributed by atoms with Crippen molar-refractivity contribution in [1.82, 2.24) is 0 Å². The molecule has 6 heteroatoms. The van der Waals surface area contributed by atoms with Gasteiger partial charge in [0.2, 0.25) is 0 Å². The van der Waals surface area contributed by atoms with Gasteiger partial charge in [-0.3, -0.25) is 0 Å². The third-order valence-corrected chi connectivity index (χ3v) is 4.41. The second kappa shape index (κ2) is 7.49. The number of hydrogen-bond donors (Lipinski definition) is 0. The molecular formula is C18H24BFO4. The molecule has 4 nitrogen and oxygen atoms in total. The number of ether oxygens (including phenoxy) is 1. The van der Waals surface area contributed by atoms with Crippen LogP contribution in [0.5, 0.6) is 0 Å². The second-order valence-electron chi connectivity index (χ2n) is 6.82. The van der Waals surface area contributed by atoms with E-state index in [0.29, 0.717) is 18.4 Å². The van der Waals surface area contributed by atoms with Crippen molar-refractivity contribution in [3.63, 3.8) is 0 Å². The number of esters is 1. The summed E-state index contributed by atoms with van der Waals surface area (Å²) in [7, 11) is -0.970. The van der Waals surface area contributed by atoms with Crippen LogP contribution >= 0.6 is 0 Å². The molecule has 1 aliphatic rings. The molecule has 1 fully saturated rings. The molecule has 0 radical (unpaired) electrons. The lowest BCUT2D eigenvalue weighted by Gasteiger charge is -2.32. The number of carbonyl (C=O) groups excluding carboxylic acids is 1. The number of carbonyl (C=O) groups is 1. The molecule has 0 amide bonds. The highest BCUT2D eigenvalue weighted by atomic mass is 19.1. The van der Waals surface area contributed by atoms with Crippen LogP contribution in [0.25, 0.3) is 0 Å². The molecule has 24 heavy (non-hydrogen) atoms. The fourth-order valence-electron chi connectivity index (χ4n) is 2.20. The molecule has 0 bridgehead atoms. The lowest BCUT2D eigenvalue weighted by Crippen LogP contribution is -2.41. The van der Waals surface area contributed by atoms with Gasteiger partial charge in [0.1, 0.15) is 5.73 Å². The fourth-order valence-corrected chi connectivity index (χ4v) is 2.20.